The van der Waals surface area contributed by atoms with Crippen LogP contribution in [-0.2, 0) is 19.9 Å². The van der Waals surface area contributed by atoms with Gasteiger partial charge in [-0.25, -0.2) is 9.97 Å². The van der Waals surface area contributed by atoms with Crippen LogP contribution in [0.3, 0.4) is 0 Å². The highest BCUT2D eigenvalue weighted by Crippen LogP contribution is 2.26. The van der Waals surface area contributed by atoms with E-state index < -0.39 is 0 Å². The van der Waals surface area contributed by atoms with E-state index in [4.69, 9.17) is 0 Å². The predicted molar refractivity (Wildman–Crippen MR) is 82.6 cm³/mol. The molecule has 20 heavy (non-hydrogen) atoms. The molecule has 1 atom stereocenters. The number of halogens is 1. The molecule has 2 aromatic rings. The summed E-state index contributed by atoms with van der Waals surface area (Å²) in [6, 6.07) is 2.10. The third kappa shape index (κ3) is 3.07. The van der Waals surface area contributed by atoms with Gasteiger partial charge < -0.3 is 5.32 Å². The Hall–Kier alpha value is -1.27. The Labute approximate surface area is 128 Å². The fourth-order valence-electron chi connectivity index (χ4n) is 2.26. The first-order chi connectivity index (χ1) is 9.56. The van der Waals surface area contributed by atoms with Crippen molar-refractivity contribution in [3.63, 3.8) is 0 Å². The molecule has 5 nitrogen and oxygen atoms in total. The molecule has 2 heterocycles. The van der Waals surface area contributed by atoms with Crippen LogP contribution in [0.5, 0.6) is 0 Å². The van der Waals surface area contributed by atoms with Crippen molar-refractivity contribution >= 4 is 15.9 Å². The molecule has 0 aliphatic carbocycles. The zero-order valence-corrected chi connectivity index (χ0v) is 13.9. The van der Waals surface area contributed by atoms with Gasteiger partial charge >= 0.3 is 0 Å². The summed E-state index contributed by atoms with van der Waals surface area (Å²) < 4.78 is 3.05. The van der Waals surface area contributed by atoms with E-state index >= 15 is 0 Å². The molecule has 108 valence electrons. The first kappa shape index (κ1) is 15.1. The number of rotatable bonds is 5. The Morgan fingerprint density at radius 2 is 2.20 bits per heavy atom. The van der Waals surface area contributed by atoms with Crippen molar-refractivity contribution in [1.82, 2.24) is 25.1 Å². The van der Waals surface area contributed by atoms with E-state index in [0.717, 1.165) is 34.5 Å². The van der Waals surface area contributed by atoms with Crippen LogP contribution in [0.1, 0.15) is 35.9 Å². The molecule has 0 aromatic carbocycles. The summed E-state index contributed by atoms with van der Waals surface area (Å²) in [5.74, 6) is 0.793. The summed E-state index contributed by atoms with van der Waals surface area (Å²) in [7, 11) is 3.93. The maximum Gasteiger partial charge on any atom is 0.125 e. The number of nitrogens with zero attached hydrogens (tertiary/aromatic N) is 4. The Balaban J connectivity index is 2.29. The molecule has 1 unspecified atom stereocenters. The van der Waals surface area contributed by atoms with Crippen LogP contribution in [0.15, 0.2) is 16.7 Å². The lowest BCUT2D eigenvalue weighted by Crippen LogP contribution is -2.21. The van der Waals surface area contributed by atoms with Crippen LogP contribution in [0.4, 0.5) is 0 Å². The summed E-state index contributed by atoms with van der Waals surface area (Å²) in [5.41, 5.74) is 3.28. The van der Waals surface area contributed by atoms with Gasteiger partial charge in [-0.05, 0) is 42.4 Å². The van der Waals surface area contributed by atoms with Gasteiger partial charge in [-0.1, -0.05) is 6.92 Å². The number of hydrogen-bond donors (Lipinski definition) is 1. The average Bonchev–Trinajstić information content (AvgIpc) is 2.71. The van der Waals surface area contributed by atoms with E-state index in [9.17, 15) is 0 Å². The lowest BCUT2D eigenvalue weighted by Gasteiger charge is -2.16. The lowest BCUT2D eigenvalue weighted by atomic mass is 10.1. The van der Waals surface area contributed by atoms with Gasteiger partial charge in [-0.3, -0.25) is 4.68 Å². The van der Waals surface area contributed by atoms with E-state index in [1.165, 1.54) is 5.69 Å². The Kier molecular flexibility index (Phi) is 4.88. The minimum atomic E-state index is 0.146. The van der Waals surface area contributed by atoms with Crippen LogP contribution in [0, 0.1) is 6.92 Å². The first-order valence-electron chi connectivity index (χ1n) is 6.73. The highest BCUT2D eigenvalue weighted by molar-refractivity contribution is 9.10. The van der Waals surface area contributed by atoms with Crippen molar-refractivity contribution in [2.45, 2.75) is 32.7 Å². The second-order valence-corrected chi connectivity index (χ2v) is 5.55. The molecule has 0 fully saturated rings. The van der Waals surface area contributed by atoms with Crippen molar-refractivity contribution in [1.29, 1.82) is 0 Å². The molecule has 2 aromatic heterocycles. The number of likely N-dealkylation sites (N-methyl/N-ethyl adjacent to an activating group) is 1. The highest BCUT2D eigenvalue weighted by atomic mass is 79.9. The summed E-state index contributed by atoms with van der Waals surface area (Å²) in [6.45, 7) is 4.02. The van der Waals surface area contributed by atoms with Crippen molar-refractivity contribution in [2.24, 2.45) is 7.05 Å². The van der Waals surface area contributed by atoms with E-state index in [1.807, 2.05) is 31.8 Å². The van der Waals surface area contributed by atoms with Gasteiger partial charge in [0.2, 0.25) is 0 Å². The van der Waals surface area contributed by atoms with E-state index in [0.29, 0.717) is 0 Å². The Morgan fingerprint density at radius 3 is 2.75 bits per heavy atom. The van der Waals surface area contributed by atoms with Crippen LogP contribution in [0.25, 0.3) is 0 Å². The molecular formula is C14H20BrN5. The summed E-state index contributed by atoms with van der Waals surface area (Å²) in [5, 5.41) is 7.86. The molecular weight excluding hydrogens is 318 g/mol. The molecule has 6 heteroatoms. The standard InChI is InChI=1S/C14H20BrN5/c1-5-10-14(15)13(20(4)19-10)8-12(16-3)11-6-7-17-9(2)18-11/h6-7,12,16H,5,8H2,1-4H3. The fourth-order valence-corrected chi connectivity index (χ4v) is 3.04. The molecule has 0 bridgehead atoms. The lowest BCUT2D eigenvalue weighted by molar-refractivity contribution is 0.545. The molecule has 0 spiro atoms. The molecule has 1 N–H and O–H groups in total. The third-order valence-corrected chi connectivity index (χ3v) is 4.32. The highest BCUT2D eigenvalue weighted by Gasteiger charge is 2.19. The number of nitrogens with one attached hydrogen (secondary N) is 1. The van der Waals surface area contributed by atoms with Gasteiger partial charge in [0, 0.05) is 19.7 Å². The quantitative estimate of drug-likeness (QED) is 0.909. The van der Waals surface area contributed by atoms with Crippen LogP contribution >= 0.6 is 15.9 Å². The topological polar surface area (TPSA) is 55.6 Å². The van der Waals surface area contributed by atoms with E-state index in [-0.39, 0.29) is 6.04 Å². The zero-order chi connectivity index (χ0) is 14.7. The zero-order valence-electron chi connectivity index (χ0n) is 12.3. The normalized spacial score (nSPS) is 12.7. The molecule has 0 radical (unpaired) electrons. The van der Waals surface area contributed by atoms with Crippen molar-refractivity contribution in [3.05, 3.63) is 39.6 Å². The monoisotopic (exact) mass is 337 g/mol. The molecule has 0 aliphatic rings. The smallest absolute Gasteiger partial charge is 0.125 e. The van der Waals surface area contributed by atoms with Gasteiger partial charge in [-0.15, -0.1) is 0 Å². The van der Waals surface area contributed by atoms with E-state index in [1.54, 1.807) is 6.20 Å². The number of aryl methyl sites for hydroxylation is 3. The van der Waals surface area contributed by atoms with Crippen molar-refractivity contribution in [2.75, 3.05) is 7.05 Å². The molecule has 0 aliphatic heterocycles. The SMILES string of the molecule is CCc1nn(C)c(CC(NC)c2ccnc(C)n2)c1Br. The molecule has 0 saturated heterocycles. The minimum Gasteiger partial charge on any atom is -0.311 e. The second-order valence-electron chi connectivity index (χ2n) is 4.76. The Morgan fingerprint density at radius 1 is 1.45 bits per heavy atom. The van der Waals surface area contributed by atoms with Gasteiger partial charge in [0.15, 0.2) is 0 Å². The Bertz CT molecular complexity index is 593. The average molecular weight is 338 g/mol. The molecule has 0 amide bonds. The van der Waals surface area contributed by atoms with Crippen molar-refractivity contribution in [3.8, 4) is 0 Å². The second kappa shape index (κ2) is 6.45. The van der Waals surface area contributed by atoms with Gasteiger partial charge in [0.25, 0.3) is 0 Å². The van der Waals surface area contributed by atoms with Gasteiger partial charge in [0.05, 0.1) is 27.6 Å². The van der Waals surface area contributed by atoms with E-state index in [2.05, 4.69) is 43.2 Å². The molecule has 2 rings (SSSR count). The van der Waals surface area contributed by atoms with Crippen LogP contribution in [-0.4, -0.2) is 26.8 Å². The third-order valence-electron chi connectivity index (χ3n) is 3.40. The summed E-state index contributed by atoms with van der Waals surface area (Å²) >= 11 is 3.66. The summed E-state index contributed by atoms with van der Waals surface area (Å²) in [4.78, 5) is 8.66. The maximum absolute atomic E-state index is 4.54. The number of hydrogen-bond acceptors (Lipinski definition) is 4. The van der Waals surface area contributed by atoms with Crippen LogP contribution in [0.2, 0.25) is 0 Å². The number of aromatic nitrogens is 4. The fraction of sp³-hybridized carbons (Fsp3) is 0.500. The molecule has 0 saturated carbocycles. The van der Waals surface area contributed by atoms with Crippen LogP contribution < -0.4 is 5.32 Å². The maximum atomic E-state index is 4.54. The first-order valence-corrected chi connectivity index (χ1v) is 7.53. The minimum absolute atomic E-state index is 0.146. The van der Waals surface area contributed by atoms with Gasteiger partial charge in [-0.2, -0.15) is 5.10 Å². The predicted octanol–water partition coefficient (Wildman–Crippen LogP) is 2.35. The van der Waals surface area contributed by atoms with Gasteiger partial charge in [0.1, 0.15) is 5.82 Å². The largest absolute Gasteiger partial charge is 0.311 e. The van der Waals surface area contributed by atoms with Crippen molar-refractivity contribution < 1.29 is 0 Å². The summed E-state index contributed by atoms with van der Waals surface area (Å²) in [6.07, 6.45) is 3.56.